The van der Waals surface area contributed by atoms with E-state index in [0.29, 0.717) is 6.10 Å². The molecule has 1 saturated heterocycles. The van der Waals surface area contributed by atoms with Gasteiger partial charge in [0.25, 0.3) is 0 Å². The van der Waals surface area contributed by atoms with E-state index in [-0.39, 0.29) is 0 Å². The monoisotopic (exact) mass is 264 g/mol. The van der Waals surface area contributed by atoms with Crippen LogP contribution in [0.1, 0.15) is 37.5 Å². The largest absolute Gasteiger partial charge is 0.468 e. The molecule has 1 aromatic rings. The van der Waals surface area contributed by atoms with Gasteiger partial charge in [-0.05, 0) is 25.3 Å². The van der Waals surface area contributed by atoms with Crippen LogP contribution in [0.25, 0.3) is 0 Å². The summed E-state index contributed by atoms with van der Waals surface area (Å²) >= 11 is 0. The van der Waals surface area contributed by atoms with Crippen LogP contribution in [0.15, 0.2) is 16.7 Å². The van der Waals surface area contributed by atoms with E-state index in [4.69, 9.17) is 9.15 Å². The molecule has 1 aromatic heterocycles. The highest BCUT2D eigenvalue weighted by Gasteiger charge is 2.23. The molecule has 19 heavy (non-hydrogen) atoms. The minimum Gasteiger partial charge on any atom is -0.468 e. The van der Waals surface area contributed by atoms with Crippen LogP contribution in [-0.2, 0) is 17.8 Å². The molecule has 1 aliphatic heterocycles. The van der Waals surface area contributed by atoms with Crippen LogP contribution in [-0.4, -0.2) is 36.7 Å². The number of rotatable bonds is 6. The smallest absolute Gasteiger partial charge is 0.122 e. The van der Waals surface area contributed by atoms with Crippen molar-refractivity contribution in [3.05, 3.63) is 23.7 Å². The second-order valence-electron chi connectivity index (χ2n) is 5.66. The zero-order valence-corrected chi connectivity index (χ0v) is 11.7. The first-order valence-corrected chi connectivity index (χ1v) is 7.47. The van der Waals surface area contributed by atoms with Crippen molar-refractivity contribution in [1.82, 2.24) is 10.2 Å². The van der Waals surface area contributed by atoms with Crippen molar-refractivity contribution in [2.75, 3.05) is 19.7 Å². The quantitative estimate of drug-likeness (QED) is 0.854. The van der Waals surface area contributed by atoms with Crippen molar-refractivity contribution >= 4 is 0 Å². The predicted octanol–water partition coefficient (Wildman–Crippen LogP) is 2.14. The number of hydrogen-bond acceptors (Lipinski definition) is 4. The summed E-state index contributed by atoms with van der Waals surface area (Å²) in [4.78, 5) is 2.48. The third-order valence-corrected chi connectivity index (χ3v) is 4.04. The fourth-order valence-corrected chi connectivity index (χ4v) is 2.60. The van der Waals surface area contributed by atoms with Gasteiger partial charge in [-0.2, -0.15) is 0 Å². The summed E-state index contributed by atoms with van der Waals surface area (Å²) < 4.78 is 11.3. The van der Waals surface area contributed by atoms with Crippen LogP contribution in [0.3, 0.4) is 0 Å². The average molecular weight is 264 g/mol. The summed E-state index contributed by atoms with van der Waals surface area (Å²) in [6.07, 6.45) is 5.94. The van der Waals surface area contributed by atoms with Gasteiger partial charge in [-0.1, -0.05) is 6.92 Å². The Hall–Kier alpha value is -0.840. The topological polar surface area (TPSA) is 37.6 Å². The van der Waals surface area contributed by atoms with Gasteiger partial charge in [0.2, 0.25) is 0 Å². The highest BCUT2D eigenvalue weighted by Crippen LogP contribution is 2.21. The van der Waals surface area contributed by atoms with Crippen molar-refractivity contribution < 1.29 is 9.15 Å². The first-order valence-electron chi connectivity index (χ1n) is 7.47. The average Bonchev–Trinajstić information content (AvgIpc) is 3.17. The van der Waals surface area contributed by atoms with Crippen molar-refractivity contribution in [3.8, 4) is 0 Å². The first kappa shape index (κ1) is 13.2. The van der Waals surface area contributed by atoms with Gasteiger partial charge in [-0.25, -0.2) is 0 Å². The van der Waals surface area contributed by atoms with Crippen molar-refractivity contribution in [2.45, 2.75) is 51.4 Å². The van der Waals surface area contributed by atoms with E-state index >= 15 is 0 Å². The summed E-state index contributed by atoms with van der Waals surface area (Å²) in [5.41, 5.74) is 1.32. The van der Waals surface area contributed by atoms with E-state index in [1.807, 2.05) is 6.26 Å². The van der Waals surface area contributed by atoms with E-state index in [0.717, 1.165) is 51.0 Å². The normalized spacial score (nSPS) is 24.8. The van der Waals surface area contributed by atoms with E-state index in [9.17, 15) is 0 Å². The van der Waals surface area contributed by atoms with Crippen molar-refractivity contribution in [2.24, 2.45) is 0 Å². The van der Waals surface area contributed by atoms with Crippen molar-refractivity contribution in [1.29, 1.82) is 0 Å². The molecule has 0 amide bonds. The molecule has 0 aromatic carbocycles. The Labute approximate surface area is 115 Å². The number of ether oxygens (including phenoxy) is 1. The summed E-state index contributed by atoms with van der Waals surface area (Å²) in [7, 11) is 0. The second kappa shape index (κ2) is 6.07. The van der Waals surface area contributed by atoms with Gasteiger partial charge in [-0.15, -0.1) is 0 Å². The summed E-state index contributed by atoms with van der Waals surface area (Å²) in [6.45, 7) is 6.96. The van der Waals surface area contributed by atoms with Gasteiger partial charge in [0, 0.05) is 31.2 Å². The molecule has 1 saturated carbocycles. The highest BCUT2D eigenvalue weighted by molar-refractivity contribution is 5.17. The standard InChI is InChI=1S/C15H24N2O2/c1-2-14-11-17(6-8-18-14)10-12-5-7-19-15(12)9-16-13-3-4-13/h5,7,13-14,16H,2-4,6,8-11H2,1H3. The van der Waals surface area contributed by atoms with E-state index < -0.39 is 0 Å². The molecule has 106 valence electrons. The number of hydrogen-bond donors (Lipinski definition) is 1. The molecular weight excluding hydrogens is 240 g/mol. The van der Waals surface area contributed by atoms with Gasteiger partial charge in [0.15, 0.2) is 0 Å². The number of furan rings is 1. The molecule has 3 rings (SSSR count). The van der Waals surface area contributed by atoms with E-state index in [2.05, 4.69) is 23.2 Å². The van der Waals surface area contributed by atoms with Gasteiger partial charge in [0.1, 0.15) is 5.76 Å². The summed E-state index contributed by atoms with van der Waals surface area (Å²) in [6, 6.07) is 2.84. The molecule has 2 aliphatic rings. The van der Waals surface area contributed by atoms with Crippen LogP contribution < -0.4 is 5.32 Å². The molecule has 0 spiro atoms. The Morgan fingerprint density at radius 3 is 3.11 bits per heavy atom. The molecule has 0 radical (unpaired) electrons. The zero-order valence-electron chi connectivity index (χ0n) is 11.7. The fourth-order valence-electron chi connectivity index (χ4n) is 2.60. The second-order valence-corrected chi connectivity index (χ2v) is 5.66. The van der Waals surface area contributed by atoms with E-state index in [1.54, 1.807) is 0 Å². The van der Waals surface area contributed by atoms with Crippen LogP contribution in [0, 0.1) is 0 Å². The number of nitrogens with zero attached hydrogens (tertiary/aromatic N) is 1. The zero-order chi connectivity index (χ0) is 13.1. The van der Waals surface area contributed by atoms with Crippen molar-refractivity contribution in [3.63, 3.8) is 0 Å². The lowest BCUT2D eigenvalue weighted by Gasteiger charge is -2.32. The number of nitrogens with one attached hydrogen (secondary N) is 1. The maximum atomic E-state index is 5.72. The predicted molar refractivity (Wildman–Crippen MR) is 73.9 cm³/mol. The van der Waals surface area contributed by atoms with Gasteiger partial charge in [-0.3, -0.25) is 4.90 Å². The lowest BCUT2D eigenvalue weighted by atomic mass is 10.2. The molecule has 4 nitrogen and oxygen atoms in total. The molecule has 0 bridgehead atoms. The lowest BCUT2D eigenvalue weighted by Crippen LogP contribution is -2.41. The third kappa shape index (κ3) is 3.59. The van der Waals surface area contributed by atoms with Crippen LogP contribution in [0.5, 0.6) is 0 Å². The van der Waals surface area contributed by atoms with E-state index in [1.165, 1.54) is 18.4 Å². The molecule has 1 aliphatic carbocycles. The SMILES string of the molecule is CCC1CN(Cc2ccoc2CNC2CC2)CCO1. The first-order chi connectivity index (χ1) is 9.35. The lowest BCUT2D eigenvalue weighted by molar-refractivity contribution is -0.0326. The molecule has 1 atom stereocenters. The molecule has 1 unspecified atom stereocenters. The summed E-state index contributed by atoms with van der Waals surface area (Å²) in [5, 5.41) is 3.52. The molecule has 4 heteroatoms. The highest BCUT2D eigenvalue weighted by atomic mass is 16.5. The minimum absolute atomic E-state index is 0.397. The Balaban J connectivity index is 1.54. The Morgan fingerprint density at radius 2 is 2.32 bits per heavy atom. The maximum Gasteiger partial charge on any atom is 0.122 e. The summed E-state index contributed by atoms with van der Waals surface area (Å²) in [5.74, 6) is 1.10. The number of morpholine rings is 1. The third-order valence-electron chi connectivity index (χ3n) is 4.04. The van der Waals surface area contributed by atoms with Crippen LogP contribution in [0.2, 0.25) is 0 Å². The van der Waals surface area contributed by atoms with Gasteiger partial charge < -0.3 is 14.5 Å². The Kier molecular flexibility index (Phi) is 4.21. The molecular formula is C15H24N2O2. The fraction of sp³-hybridized carbons (Fsp3) is 0.733. The molecule has 2 fully saturated rings. The van der Waals surface area contributed by atoms with Gasteiger partial charge >= 0.3 is 0 Å². The molecule has 1 N–H and O–H groups in total. The Morgan fingerprint density at radius 1 is 1.42 bits per heavy atom. The van der Waals surface area contributed by atoms with Gasteiger partial charge in [0.05, 0.1) is 25.5 Å². The van der Waals surface area contributed by atoms with Crippen LogP contribution >= 0.6 is 0 Å². The van der Waals surface area contributed by atoms with Crippen LogP contribution in [0.4, 0.5) is 0 Å². The Bertz CT molecular complexity index is 401. The molecule has 2 heterocycles. The maximum absolute atomic E-state index is 5.72. The minimum atomic E-state index is 0.397.